The molecule has 0 bridgehead atoms. The lowest BCUT2D eigenvalue weighted by atomic mass is 10.2. The molecular weight excluding hydrogens is 328 g/mol. The average molecular weight is 349 g/mol. The predicted octanol–water partition coefficient (Wildman–Crippen LogP) is 3.02. The number of carbonyl (C=O) groups is 1. The van der Waals surface area contributed by atoms with Crippen LogP contribution in [0.5, 0.6) is 17.2 Å². The summed E-state index contributed by atoms with van der Waals surface area (Å²) >= 11 is 0. The molecule has 24 heavy (non-hydrogen) atoms. The summed E-state index contributed by atoms with van der Waals surface area (Å²) in [5.41, 5.74) is 6.21. The summed E-state index contributed by atoms with van der Waals surface area (Å²) in [7, 11) is 1.61. The van der Waals surface area contributed by atoms with Crippen molar-refractivity contribution < 1.29 is 14.3 Å². The maximum Gasteiger partial charge on any atom is 0.240 e. The lowest BCUT2D eigenvalue weighted by Crippen LogP contribution is -2.42. The fourth-order valence-electron chi connectivity index (χ4n) is 2.23. The van der Waals surface area contributed by atoms with Gasteiger partial charge in [-0.1, -0.05) is 24.3 Å². The maximum atomic E-state index is 11.8. The molecule has 0 atom stereocenters. The molecular formula is C18H21ClN2O3. The SMILES string of the molecule is COc1ccccc1Oc1ccc(CNC(=O)C2(N)CC2)cc1.Cl. The van der Waals surface area contributed by atoms with E-state index in [9.17, 15) is 4.79 Å². The number of amides is 1. The van der Waals surface area contributed by atoms with Crippen molar-refractivity contribution >= 4 is 18.3 Å². The number of hydrogen-bond acceptors (Lipinski definition) is 4. The highest BCUT2D eigenvalue weighted by Crippen LogP contribution is 2.32. The molecule has 0 aromatic heterocycles. The van der Waals surface area contributed by atoms with Crippen LogP contribution >= 0.6 is 12.4 Å². The molecule has 1 saturated carbocycles. The molecule has 3 rings (SSSR count). The van der Waals surface area contributed by atoms with E-state index < -0.39 is 5.54 Å². The third-order valence-corrected chi connectivity index (χ3v) is 3.91. The molecule has 1 aliphatic carbocycles. The number of methoxy groups -OCH3 is 1. The minimum atomic E-state index is -0.632. The zero-order valence-corrected chi connectivity index (χ0v) is 14.3. The number of nitrogens with two attached hydrogens (primary N) is 1. The zero-order chi connectivity index (χ0) is 16.3. The lowest BCUT2D eigenvalue weighted by Gasteiger charge is -2.12. The van der Waals surface area contributed by atoms with E-state index in [1.54, 1.807) is 7.11 Å². The summed E-state index contributed by atoms with van der Waals surface area (Å²) in [5.74, 6) is 1.98. The summed E-state index contributed by atoms with van der Waals surface area (Å²) in [6.07, 6.45) is 1.54. The predicted molar refractivity (Wildman–Crippen MR) is 94.8 cm³/mol. The van der Waals surface area contributed by atoms with Crippen molar-refractivity contribution in [2.45, 2.75) is 24.9 Å². The molecule has 0 spiro atoms. The number of halogens is 1. The molecule has 0 radical (unpaired) electrons. The quantitative estimate of drug-likeness (QED) is 0.841. The summed E-state index contributed by atoms with van der Waals surface area (Å²) in [6, 6.07) is 15.0. The van der Waals surface area contributed by atoms with Crippen molar-refractivity contribution in [1.29, 1.82) is 0 Å². The van der Waals surface area contributed by atoms with Crippen molar-refractivity contribution in [1.82, 2.24) is 5.32 Å². The van der Waals surface area contributed by atoms with E-state index in [2.05, 4.69) is 5.32 Å². The number of benzene rings is 2. The van der Waals surface area contributed by atoms with Gasteiger partial charge < -0.3 is 20.5 Å². The normalized spacial score (nSPS) is 14.2. The van der Waals surface area contributed by atoms with Gasteiger partial charge in [0.25, 0.3) is 0 Å². The van der Waals surface area contributed by atoms with E-state index >= 15 is 0 Å². The number of rotatable bonds is 6. The maximum absolute atomic E-state index is 11.8. The van der Waals surface area contributed by atoms with Crippen LogP contribution in [0.15, 0.2) is 48.5 Å². The number of nitrogens with one attached hydrogen (secondary N) is 1. The Morgan fingerprint density at radius 2 is 1.75 bits per heavy atom. The fourth-order valence-corrected chi connectivity index (χ4v) is 2.23. The molecule has 0 unspecified atom stereocenters. The first-order chi connectivity index (χ1) is 11.1. The van der Waals surface area contributed by atoms with Crippen LogP contribution < -0.4 is 20.5 Å². The molecule has 1 aliphatic rings. The van der Waals surface area contributed by atoms with Gasteiger partial charge >= 0.3 is 0 Å². The molecule has 6 heteroatoms. The van der Waals surface area contributed by atoms with Crippen molar-refractivity contribution in [3.05, 3.63) is 54.1 Å². The van der Waals surface area contributed by atoms with E-state index in [1.165, 1.54) is 0 Å². The van der Waals surface area contributed by atoms with Gasteiger partial charge in [-0.15, -0.1) is 12.4 Å². The monoisotopic (exact) mass is 348 g/mol. The van der Waals surface area contributed by atoms with E-state index in [4.69, 9.17) is 15.2 Å². The van der Waals surface area contributed by atoms with Crippen molar-refractivity contribution in [2.24, 2.45) is 5.73 Å². The minimum absolute atomic E-state index is 0. The van der Waals surface area contributed by atoms with Gasteiger partial charge in [0.15, 0.2) is 11.5 Å². The Labute approximate surface area is 147 Å². The number of hydrogen-bond donors (Lipinski definition) is 2. The molecule has 0 aliphatic heterocycles. The highest BCUT2D eigenvalue weighted by atomic mass is 35.5. The van der Waals surface area contributed by atoms with Crippen LogP contribution in [0.25, 0.3) is 0 Å². The van der Waals surface area contributed by atoms with Crippen LogP contribution in [0, 0.1) is 0 Å². The van der Waals surface area contributed by atoms with Gasteiger partial charge in [0, 0.05) is 6.54 Å². The second-order valence-corrected chi connectivity index (χ2v) is 5.74. The number of ether oxygens (including phenoxy) is 2. The molecule has 0 saturated heterocycles. The van der Waals surface area contributed by atoms with E-state index in [0.29, 0.717) is 23.8 Å². The summed E-state index contributed by atoms with van der Waals surface area (Å²) in [4.78, 5) is 11.8. The highest BCUT2D eigenvalue weighted by molar-refractivity contribution is 5.88. The van der Waals surface area contributed by atoms with Gasteiger partial charge in [-0.05, 0) is 42.7 Å². The van der Waals surface area contributed by atoms with Crippen LogP contribution in [-0.2, 0) is 11.3 Å². The molecule has 128 valence electrons. The van der Waals surface area contributed by atoms with E-state index in [-0.39, 0.29) is 18.3 Å². The van der Waals surface area contributed by atoms with Gasteiger partial charge in [-0.2, -0.15) is 0 Å². The van der Waals surface area contributed by atoms with Crippen LogP contribution in [0.1, 0.15) is 18.4 Å². The Bertz CT molecular complexity index is 700. The lowest BCUT2D eigenvalue weighted by molar-refractivity contribution is -0.123. The summed E-state index contributed by atoms with van der Waals surface area (Å²) < 4.78 is 11.1. The highest BCUT2D eigenvalue weighted by Gasteiger charge is 2.45. The van der Waals surface area contributed by atoms with E-state index in [0.717, 1.165) is 18.4 Å². The van der Waals surface area contributed by atoms with Crippen molar-refractivity contribution in [3.8, 4) is 17.2 Å². The number of para-hydroxylation sites is 2. The Balaban J connectivity index is 0.00000208. The summed E-state index contributed by atoms with van der Waals surface area (Å²) in [5, 5.41) is 2.86. The Hall–Kier alpha value is -2.24. The fraction of sp³-hybridized carbons (Fsp3) is 0.278. The van der Waals surface area contributed by atoms with Gasteiger partial charge in [0.2, 0.25) is 5.91 Å². The van der Waals surface area contributed by atoms with Crippen LogP contribution in [-0.4, -0.2) is 18.6 Å². The first-order valence-corrected chi connectivity index (χ1v) is 7.58. The van der Waals surface area contributed by atoms with Crippen LogP contribution in [0.2, 0.25) is 0 Å². The smallest absolute Gasteiger partial charge is 0.240 e. The second-order valence-electron chi connectivity index (χ2n) is 5.74. The van der Waals surface area contributed by atoms with E-state index in [1.807, 2.05) is 48.5 Å². The third-order valence-electron chi connectivity index (χ3n) is 3.91. The van der Waals surface area contributed by atoms with Crippen LogP contribution in [0.4, 0.5) is 0 Å². The zero-order valence-electron chi connectivity index (χ0n) is 13.5. The van der Waals surface area contributed by atoms with Gasteiger partial charge in [0.1, 0.15) is 5.75 Å². The molecule has 5 nitrogen and oxygen atoms in total. The minimum Gasteiger partial charge on any atom is -0.493 e. The molecule has 1 amide bonds. The molecule has 3 N–H and O–H groups in total. The molecule has 2 aromatic rings. The van der Waals surface area contributed by atoms with Crippen LogP contribution in [0.3, 0.4) is 0 Å². The molecule has 1 fully saturated rings. The topological polar surface area (TPSA) is 73.6 Å². The second kappa shape index (κ2) is 7.55. The third kappa shape index (κ3) is 4.19. The first kappa shape index (κ1) is 18.1. The summed E-state index contributed by atoms with van der Waals surface area (Å²) in [6.45, 7) is 0.465. The Morgan fingerprint density at radius 1 is 1.12 bits per heavy atom. The standard InChI is InChI=1S/C18H20N2O3.ClH/c1-22-15-4-2-3-5-16(15)23-14-8-6-13(7-9-14)12-20-17(21)18(19)10-11-18;/h2-9H,10-12,19H2,1H3,(H,20,21);1H. The Kier molecular flexibility index (Phi) is 5.70. The van der Waals surface area contributed by atoms with Gasteiger partial charge in [-0.3, -0.25) is 4.79 Å². The largest absolute Gasteiger partial charge is 0.493 e. The van der Waals surface area contributed by atoms with Gasteiger partial charge in [0.05, 0.1) is 12.6 Å². The van der Waals surface area contributed by atoms with Crippen molar-refractivity contribution in [3.63, 3.8) is 0 Å². The Morgan fingerprint density at radius 3 is 2.33 bits per heavy atom. The average Bonchev–Trinajstić information content (AvgIpc) is 3.33. The first-order valence-electron chi connectivity index (χ1n) is 7.58. The van der Waals surface area contributed by atoms with Crippen molar-refractivity contribution in [2.75, 3.05) is 7.11 Å². The molecule has 0 heterocycles. The number of carbonyl (C=O) groups excluding carboxylic acids is 1. The molecule has 2 aromatic carbocycles. The van der Waals surface area contributed by atoms with Gasteiger partial charge in [-0.25, -0.2) is 0 Å².